The topological polar surface area (TPSA) is 129 Å². The van der Waals surface area contributed by atoms with Crippen LogP contribution in [0.3, 0.4) is 0 Å². The quantitative estimate of drug-likeness (QED) is 0.738. The zero-order valence-electron chi connectivity index (χ0n) is 10.2. The molecule has 0 fully saturated rings. The van der Waals surface area contributed by atoms with Crippen LogP contribution in [0.2, 0.25) is 0 Å². The Bertz CT molecular complexity index is 792. The summed E-state index contributed by atoms with van der Waals surface area (Å²) >= 11 is 3.06. The number of benzene rings is 1. The standard InChI is InChI=1S/C11H8BrN3O5S/c12-9-4-14-10(5-13-9)15-21(19,20)6-1-2-8(16)7(3-6)11(17)18/h1-5,16H,(H,14,15)(H,17,18). The number of phenols is 1. The summed E-state index contributed by atoms with van der Waals surface area (Å²) in [7, 11) is -4.04. The number of carbonyl (C=O) groups is 1. The van der Waals surface area contributed by atoms with Gasteiger partial charge in [-0.15, -0.1) is 0 Å². The Hall–Kier alpha value is -2.20. The Morgan fingerprint density at radius 3 is 2.52 bits per heavy atom. The first kappa shape index (κ1) is 15.2. The minimum absolute atomic E-state index is 0.0249. The predicted octanol–water partition coefficient (Wildman–Crippen LogP) is 1.44. The minimum Gasteiger partial charge on any atom is -0.507 e. The average molecular weight is 374 g/mol. The van der Waals surface area contributed by atoms with Crippen LogP contribution >= 0.6 is 15.9 Å². The Labute approximate surface area is 127 Å². The molecule has 8 nitrogen and oxygen atoms in total. The van der Waals surface area contributed by atoms with Crippen molar-refractivity contribution in [3.8, 4) is 5.75 Å². The van der Waals surface area contributed by atoms with Crippen LogP contribution in [0.4, 0.5) is 5.82 Å². The molecular weight excluding hydrogens is 366 g/mol. The molecule has 0 aliphatic heterocycles. The highest BCUT2D eigenvalue weighted by Crippen LogP contribution is 2.22. The summed E-state index contributed by atoms with van der Waals surface area (Å²) in [4.78, 5) is 18.2. The fraction of sp³-hybridized carbons (Fsp3) is 0. The van der Waals surface area contributed by atoms with Gasteiger partial charge in [-0.25, -0.2) is 23.2 Å². The molecular formula is C11H8BrN3O5S. The largest absolute Gasteiger partial charge is 0.507 e. The fourth-order valence-electron chi connectivity index (χ4n) is 1.42. The van der Waals surface area contributed by atoms with E-state index in [-0.39, 0.29) is 10.7 Å². The van der Waals surface area contributed by atoms with Gasteiger partial charge in [0.1, 0.15) is 15.9 Å². The smallest absolute Gasteiger partial charge is 0.339 e. The number of anilines is 1. The number of nitrogens with zero attached hydrogens (tertiary/aromatic N) is 2. The van der Waals surface area contributed by atoms with E-state index in [2.05, 4.69) is 30.6 Å². The summed E-state index contributed by atoms with van der Waals surface area (Å²) in [6, 6.07) is 2.92. The lowest BCUT2D eigenvalue weighted by Gasteiger charge is -2.08. The van der Waals surface area contributed by atoms with E-state index in [0.717, 1.165) is 18.2 Å². The molecule has 0 radical (unpaired) electrons. The van der Waals surface area contributed by atoms with Gasteiger partial charge < -0.3 is 10.2 Å². The summed E-state index contributed by atoms with van der Waals surface area (Å²) in [6.45, 7) is 0. The van der Waals surface area contributed by atoms with Crippen LogP contribution in [-0.2, 0) is 10.0 Å². The summed E-state index contributed by atoms with van der Waals surface area (Å²) in [5.74, 6) is -1.99. The van der Waals surface area contributed by atoms with Crippen molar-refractivity contribution in [2.75, 3.05) is 4.72 Å². The highest BCUT2D eigenvalue weighted by molar-refractivity contribution is 9.10. The van der Waals surface area contributed by atoms with E-state index < -0.39 is 27.3 Å². The van der Waals surface area contributed by atoms with E-state index in [1.807, 2.05) is 0 Å². The molecule has 0 atom stereocenters. The summed E-state index contributed by atoms with van der Waals surface area (Å²) in [5.41, 5.74) is -0.514. The third-order valence-corrected chi connectivity index (χ3v) is 4.13. The second-order valence-corrected chi connectivity index (χ2v) is 6.31. The van der Waals surface area contributed by atoms with Gasteiger partial charge in [0.25, 0.3) is 10.0 Å². The van der Waals surface area contributed by atoms with Crippen molar-refractivity contribution >= 4 is 37.7 Å². The van der Waals surface area contributed by atoms with Crippen molar-refractivity contribution in [3.05, 3.63) is 40.8 Å². The molecule has 10 heteroatoms. The van der Waals surface area contributed by atoms with E-state index in [4.69, 9.17) is 5.11 Å². The number of aromatic nitrogens is 2. The third kappa shape index (κ3) is 3.47. The van der Waals surface area contributed by atoms with Gasteiger partial charge in [-0.1, -0.05) is 0 Å². The van der Waals surface area contributed by atoms with E-state index in [1.165, 1.54) is 12.4 Å². The number of rotatable bonds is 4. The van der Waals surface area contributed by atoms with E-state index in [9.17, 15) is 18.3 Å². The van der Waals surface area contributed by atoms with E-state index >= 15 is 0 Å². The molecule has 21 heavy (non-hydrogen) atoms. The predicted molar refractivity (Wildman–Crippen MR) is 75.6 cm³/mol. The van der Waals surface area contributed by atoms with Crippen molar-refractivity contribution in [1.29, 1.82) is 0 Å². The maximum Gasteiger partial charge on any atom is 0.339 e. The zero-order chi connectivity index (χ0) is 15.6. The lowest BCUT2D eigenvalue weighted by Crippen LogP contribution is -2.14. The molecule has 3 N–H and O–H groups in total. The molecule has 0 bridgehead atoms. The lowest BCUT2D eigenvalue weighted by molar-refractivity contribution is 0.0693. The van der Waals surface area contributed by atoms with Crippen LogP contribution in [0.1, 0.15) is 10.4 Å². The number of carboxylic acids is 1. The number of aromatic carboxylic acids is 1. The third-order valence-electron chi connectivity index (χ3n) is 2.37. The van der Waals surface area contributed by atoms with Gasteiger partial charge in [-0.3, -0.25) is 4.72 Å². The van der Waals surface area contributed by atoms with E-state index in [0.29, 0.717) is 4.60 Å². The van der Waals surface area contributed by atoms with Gasteiger partial charge in [0, 0.05) is 0 Å². The van der Waals surface area contributed by atoms with Crippen molar-refractivity contribution in [2.24, 2.45) is 0 Å². The highest BCUT2D eigenvalue weighted by atomic mass is 79.9. The summed E-state index contributed by atoms with van der Waals surface area (Å²) in [6.07, 6.45) is 2.50. The molecule has 0 amide bonds. The molecule has 0 aliphatic rings. The van der Waals surface area contributed by atoms with Crippen LogP contribution in [0.5, 0.6) is 5.75 Å². The zero-order valence-corrected chi connectivity index (χ0v) is 12.6. The highest BCUT2D eigenvalue weighted by Gasteiger charge is 2.19. The molecule has 1 aromatic carbocycles. The Balaban J connectivity index is 2.38. The van der Waals surface area contributed by atoms with Crippen LogP contribution in [-0.4, -0.2) is 34.6 Å². The van der Waals surface area contributed by atoms with Crippen molar-refractivity contribution in [3.63, 3.8) is 0 Å². The number of hydrogen-bond donors (Lipinski definition) is 3. The van der Waals surface area contributed by atoms with Gasteiger partial charge >= 0.3 is 5.97 Å². The number of carboxylic acid groups (broad SMARTS) is 1. The van der Waals surface area contributed by atoms with Crippen molar-refractivity contribution in [2.45, 2.75) is 4.90 Å². The molecule has 0 saturated heterocycles. The second kappa shape index (κ2) is 5.66. The molecule has 0 saturated carbocycles. The molecule has 2 rings (SSSR count). The molecule has 0 aliphatic carbocycles. The van der Waals surface area contributed by atoms with Gasteiger partial charge in [-0.05, 0) is 34.1 Å². The lowest BCUT2D eigenvalue weighted by atomic mass is 10.2. The van der Waals surface area contributed by atoms with Gasteiger partial charge in [0.15, 0.2) is 5.82 Å². The monoisotopic (exact) mass is 373 g/mol. The van der Waals surface area contributed by atoms with Crippen LogP contribution in [0, 0.1) is 0 Å². The Kier molecular flexibility index (Phi) is 4.09. The molecule has 0 spiro atoms. The summed E-state index contributed by atoms with van der Waals surface area (Å²) < 4.78 is 26.8. The number of halogens is 1. The number of hydrogen-bond acceptors (Lipinski definition) is 6. The van der Waals surface area contributed by atoms with Crippen LogP contribution in [0.25, 0.3) is 0 Å². The van der Waals surface area contributed by atoms with E-state index in [1.54, 1.807) is 0 Å². The second-order valence-electron chi connectivity index (χ2n) is 3.81. The van der Waals surface area contributed by atoms with Crippen LogP contribution < -0.4 is 4.72 Å². The maximum absolute atomic E-state index is 12.1. The molecule has 1 aromatic heterocycles. The SMILES string of the molecule is O=C(O)c1cc(S(=O)(=O)Nc2cnc(Br)cn2)ccc1O. The van der Waals surface area contributed by atoms with Gasteiger partial charge in [0.05, 0.1) is 17.3 Å². The number of nitrogens with one attached hydrogen (secondary N) is 1. The minimum atomic E-state index is -4.04. The Morgan fingerprint density at radius 1 is 1.24 bits per heavy atom. The number of aromatic hydroxyl groups is 1. The first-order valence-corrected chi connectivity index (χ1v) is 7.64. The normalized spacial score (nSPS) is 11.1. The summed E-state index contributed by atoms with van der Waals surface area (Å²) in [5, 5.41) is 18.2. The number of sulfonamides is 1. The molecule has 0 unspecified atom stereocenters. The van der Waals surface area contributed by atoms with Gasteiger partial charge in [0.2, 0.25) is 0 Å². The van der Waals surface area contributed by atoms with Crippen molar-refractivity contribution in [1.82, 2.24) is 9.97 Å². The molecule has 2 aromatic rings. The average Bonchev–Trinajstić information content (AvgIpc) is 2.41. The molecule has 110 valence electrons. The van der Waals surface area contributed by atoms with Crippen molar-refractivity contribution < 1.29 is 23.4 Å². The fourth-order valence-corrected chi connectivity index (χ4v) is 2.64. The first-order valence-electron chi connectivity index (χ1n) is 5.36. The first-order chi connectivity index (χ1) is 9.79. The molecule has 1 heterocycles. The Morgan fingerprint density at radius 2 is 1.95 bits per heavy atom. The van der Waals surface area contributed by atoms with Crippen LogP contribution in [0.15, 0.2) is 40.1 Å². The van der Waals surface area contributed by atoms with Gasteiger partial charge in [-0.2, -0.15) is 0 Å². The maximum atomic E-state index is 12.1.